The molecule has 1 fully saturated rings. The minimum absolute atomic E-state index is 0.252. The van der Waals surface area contributed by atoms with Crippen LogP contribution in [0.4, 0.5) is 5.95 Å². The maximum atomic E-state index is 6.03. The summed E-state index contributed by atoms with van der Waals surface area (Å²) in [5, 5.41) is 11.3. The number of nitrogens with zero attached hydrogens (tertiary/aromatic N) is 3. The summed E-state index contributed by atoms with van der Waals surface area (Å²) in [5.74, 6) is 2.20. The van der Waals surface area contributed by atoms with Gasteiger partial charge >= 0.3 is 0 Å². The smallest absolute Gasteiger partial charge is 0.224 e. The van der Waals surface area contributed by atoms with E-state index in [2.05, 4.69) is 15.5 Å². The van der Waals surface area contributed by atoms with E-state index in [9.17, 15) is 0 Å². The molecule has 0 saturated heterocycles. The monoisotopic (exact) mass is 195 g/mol. The first kappa shape index (κ1) is 9.45. The molecule has 2 rings (SSSR count). The maximum Gasteiger partial charge on any atom is 0.224 e. The van der Waals surface area contributed by atoms with Crippen molar-refractivity contribution in [3.05, 3.63) is 5.82 Å². The Morgan fingerprint density at radius 3 is 2.71 bits per heavy atom. The molecule has 78 valence electrons. The van der Waals surface area contributed by atoms with Crippen molar-refractivity contribution in [2.24, 2.45) is 12.8 Å². The van der Waals surface area contributed by atoms with Gasteiger partial charge in [0.2, 0.25) is 5.95 Å². The van der Waals surface area contributed by atoms with Crippen LogP contribution in [-0.2, 0) is 7.05 Å². The maximum absolute atomic E-state index is 6.03. The minimum Gasteiger partial charge on any atom is -0.357 e. The van der Waals surface area contributed by atoms with E-state index in [-0.39, 0.29) is 6.04 Å². The molecular weight excluding hydrogens is 178 g/mol. The van der Waals surface area contributed by atoms with Gasteiger partial charge in [-0.1, -0.05) is 6.42 Å². The zero-order valence-electron chi connectivity index (χ0n) is 8.70. The van der Waals surface area contributed by atoms with Gasteiger partial charge in [-0.05, 0) is 12.8 Å². The van der Waals surface area contributed by atoms with Gasteiger partial charge in [0, 0.05) is 26.1 Å². The zero-order chi connectivity index (χ0) is 10.1. The lowest BCUT2D eigenvalue weighted by molar-refractivity contribution is 0.560. The Balaban J connectivity index is 2.27. The van der Waals surface area contributed by atoms with Crippen molar-refractivity contribution < 1.29 is 0 Å². The fraction of sp³-hybridized carbons (Fsp3) is 0.778. The standard InChI is InChI=1S/C9H17N5/c1-11-9-13-12-8(14(9)2)6-4-3-5-7(6)10/h6-7H,3-5,10H2,1-2H3,(H,11,13). The Morgan fingerprint density at radius 2 is 2.21 bits per heavy atom. The van der Waals surface area contributed by atoms with Gasteiger partial charge in [-0.25, -0.2) is 0 Å². The quantitative estimate of drug-likeness (QED) is 0.719. The average Bonchev–Trinajstić information content (AvgIpc) is 2.72. The molecule has 2 atom stereocenters. The van der Waals surface area contributed by atoms with Crippen LogP contribution in [0, 0.1) is 0 Å². The fourth-order valence-corrected chi connectivity index (χ4v) is 2.19. The summed E-state index contributed by atoms with van der Waals surface area (Å²) in [6, 6.07) is 0.252. The molecule has 0 aromatic carbocycles. The van der Waals surface area contributed by atoms with Crippen LogP contribution in [0.25, 0.3) is 0 Å². The summed E-state index contributed by atoms with van der Waals surface area (Å²) in [6.45, 7) is 0. The first-order valence-electron chi connectivity index (χ1n) is 5.06. The number of nitrogens with two attached hydrogens (primary N) is 1. The molecule has 1 aliphatic carbocycles. The van der Waals surface area contributed by atoms with Crippen molar-refractivity contribution in [1.29, 1.82) is 0 Å². The predicted octanol–water partition coefficient (Wildman–Crippen LogP) is 0.452. The number of rotatable bonds is 2. The molecule has 0 radical (unpaired) electrons. The molecule has 1 aliphatic rings. The molecule has 0 spiro atoms. The zero-order valence-corrected chi connectivity index (χ0v) is 8.70. The van der Waals surface area contributed by atoms with E-state index < -0.39 is 0 Å². The van der Waals surface area contributed by atoms with Gasteiger partial charge in [0.25, 0.3) is 0 Å². The molecule has 1 saturated carbocycles. The third-order valence-electron chi connectivity index (χ3n) is 3.03. The Bertz CT molecular complexity index is 319. The molecule has 0 aliphatic heterocycles. The third-order valence-corrected chi connectivity index (χ3v) is 3.03. The van der Waals surface area contributed by atoms with E-state index in [4.69, 9.17) is 5.73 Å². The van der Waals surface area contributed by atoms with Crippen LogP contribution in [0.2, 0.25) is 0 Å². The summed E-state index contributed by atoms with van der Waals surface area (Å²) in [7, 11) is 3.83. The second-order valence-electron chi connectivity index (χ2n) is 3.89. The topological polar surface area (TPSA) is 68.8 Å². The summed E-state index contributed by atoms with van der Waals surface area (Å²) in [4.78, 5) is 0. The number of nitrogens with one attached hydrogen (secondary N) is 1. The lowest BCUT2D eigenvalue weighted by Crippen LogP contribution is -2.25. The van der Waals surface area contributed by atoms with Crippen LogP contribution < -0.4 is 11.1 Å². The summed E-state index contributed by atoms with van der Waals surface area (Å²) >= 11 is 0. The third kappa shape index (κ3) is 1.37. The van der Waals surface area contributed by atoms with Crippen LogP contribution in [0.15, 0.2) is 0 Å². The number of hydrogen-bond donors (Lipinski definition) is 2. The normalized spacial score (nSPS) is 26.8. The van der Waals surface area contributed by atoms with Crippen LogP contribution in [-0.4, -0.2) is 27.9 Å². The molecule has 3 N–H and O–H groups in total. The second-order valence-corrected chi connectivity index (χ2v) is 3.89. The number of aromatic nitrogens is 3. The van der Waals surface area contributed by atoms with Crippen molar-refractivity contribution in [1.82, 2.24) is 14.8 Å². The molecule has 14 heavy (non-hydrogen) atoms. The van der Waals surface area contributed by atoms with Gasteiger partial charge in [-0.3, -0.25) is 0 Å². The second kappa shape index (κ2) is 3.57. The summed E-state index contributed by atoms with van der Waals surface area (Å²) in [5.41, 5.74) is 6.03. The van der Waals surface area contributed by atoms with Gasteiger partial charge < -0.3 is 15.6 Å². The Hall–Kier alpha value is -1.10. The summed E-state index contributed by atoms with van der Waals surface area (Å²) in [6.07, 6.45) is 3.44. The van der Waals surface area contributed by atoms with Gasteiger partial charge in [0.1, 0.15) is 5.82 Å². The van der Waals surface area contributed by atoms with Crippen molar-refractivity contribution in [2.75, 3.05) is 12.4 Å². The van der Waals surface area contributed by atoms with Gasteiger partial charge in [0.15, 0.2) is 0 Å². The van der Waals surface area contributed by atoms with E-state index in [1.165, 1.54) is 6.42 Å². The van der Waals surface area contributed by atoms with Gasteiger partial charge in [-0.2, -0.15) is 0 Å². The highest BCUT2D eigenvalue weighted by Crippen LogP contribution is 2.32. The van der Waals surface area contributed by atoms with E-state index in [1.807, 2.05) is 18.7 Å². The predicted molar refractivity (Wildman–Crippen MR) is 55.1 cm³/mol. The lowest BCUT2D eigenvalue weighted by Gasteiger charge is -2.14. The highest BCUT2D eigenvalue weighted by Gasteiger charge is 2.29. The van der Waals surface area contributed by atoms with Gasteiger partial charge in [-0.15, -0.1) is 10.2 Å². The molecule has 0 amide bonds. The highest BCUT2D eigenvalue weighted by atomic mass is 15.3. The Morgan fingerprint density at radius 1 is 1.43 bits per heavy atom. The molecule has 1 heterocycles. The molecule has 5 heteroatoms. The van der Waals surface area contributed by atoms with E-state index in [0.717, 1.165) is 24.6 Å². The van der Waals surface area contributed by atoms with E-state index >= 15 is 0 Å². The van der Waals surface area contributed by atoms with Crippen LogP contribution in [0.3, 0.4) is 0 Å². The van der Waals surface area contributed by atoms with Crippen molar-refractivity contribution in [2.45, 2.75) is 31.2 Å². The number of anilines is 1. The van der Waals surface area contributed by atoms with E-state index in [0.29, 0.717) is 5.92 Å². The minimum atomic E-state index is 0.252. The molecular formula is C9H17N5. The van der Waals surface area contributed by atoms with Crippen LogP contribution in [0.5, 0.6) is 0 Å². The number of hydrogen-bond acceptors (Lipinski definition) is 4. The summed E-state index contributed by atoms with van der Waals surface area (Å²) < 4.78 is 2.00. The lowest BCUT2D eigenvalue weighted by atomic mass is 10.0. The van der Waals surface area contributed by atoms with Crippen LogP contribution in [0.1, 0.15) is 31.0 Å². The molecule has 0 bridgehead atoms. The first-order chi connectivity index (χ1) is 6.74. The van der Waals surface area contributed by atoms with Crippen molar-refractivity contribution >= 4 is 5.95 Å². The molecule has 5 nitrogen and oxygen atoms in total. The Kier molecular flexibility index (Phi) is 2.41. The van der Waals surface area contributed by atoms with E-state index in [1.54, 1.807) is 0 Å². The SMILES string of the molecule is CNc1nnc(C2CCCC2N)n1C. The highest BCUT2D eigenvalue weighted by molar-refractivity contribution is 5.25. The molecule has 1 aromatic heterocycles. The average molecular weight is 195 g/mol. The molecule has 1 aromatic rings. The van der Waals surface area contributed by atoms with Crippen molar-refractivity contribution in [3.63, 3.8) is 0 Å². The first-order valence-corrected chi connectivity index (χ1v) is 5.06. The van der Waals surface area contributed by atoms with Gasteiger partial charge in [0.05, 0.1) is 0 Å². The van der Waals surface area contributed by atoms with Crippen LogP contribution >= 0.6 is 0 Å². The Labute approximate surface area is 83.7 Å². The largest absolute Gasteiger partial charge is 0.357 e. The molecule has 2 unspecified atom stereocenters. The van der Waals surface area contributed by atoms with Crippen molar-refractivity contribution in [3.8, 4) is 0 Å². The fourth-order valence-electron chi connectivity index (χ4n) is 2.19.